The van der Waals surface area contributed by atoms with Gasteiger partial charge in [0.25, 0.3) is 0 Å². The summed E-state index contributed by atoms with van der Waals surface area (Å²) < 4.78 is 45.5. The monoisotopic (exact) mass is 446 g/mol. The first kappa shape index (κ1) is 21.0. The molecule has 2 fully saturated rings. The summed E-state index contributed by atoms with van der Waals surface area (Å²) in [5.74, 6) is 0.514. The van der Waals surface area contributed by atoms with Crippen molar-refractivity contribution in [1.29, 1.82) is 0 Å². The van der Waals surface area contributed by atoms with Gasteiger partial charge in [-0.15, -0.1) is 23.4 Å². The number of likely N-dealkylation sites (tertiary alicyclic amines) is 1. The Kier molecular flexibility index (Phi) is 5.19. The largest absolute Gasteiger partial charge is 0.573 e. The van der Waals surface area contributed by atoms with Gasteiger partial charge in [-0.3, -0.25) is 0 Å². The lowest BCUT2D eigenvalue weighted by Crippen LogP contribution is -2.40. The van der Waals surface area contributed by atoms with Gasteiger partial charge in [0.1, 0.15) is 11.4 Å². The molecule has 1 atom stereocenters. The average Bonchev–Trinajstić information content (AvgIpc) is 3.48. The highest BCUT2D eigenvalue weighted by molar-refractivity contribution is 5.81. The minimum atomic E-state index is -4.80. The van der Waals surface area contributed by atoms with Crippen molar-refractivity contribution in [3.63, 3.8) is 0 Å². The number of hydrogen-bond donors (Lipinski definition) is 1. The highest BCUT2D eigenvalue weighted by Gasteiger charge is 2.34. The van der Waals surface area contributed by atoms with Crippen LogP contribution in [0.1, 0.15) is 42.9 Å². The maximum Gasteiger partial charge on any atom is 0.573 e. The van der Waals surface area contributed by atoms with E-state index in [0.29, 0.717) is 23.1 Å². The first-order valence-electron chi connectivity index (χ1n) is 10.8. The van der Waals surface area contributed by atoms with E-state index in [4.69, 9.17) is 0 Å². The van der Waals surface area contributed by atoms with Crippen molar-refractivity contribution in [3.05, 3.63) is 35.5 Å². The molecule has 1 aromatic carbocycles. The molecular weight excluding hydrogens is 421 g/mol. The highest BCUT2D eigenvalue weighted by Crippen LogP contribution is 2.44. The molecule has 0 amide bonds. The Morgan fingerprint density at radius 2 is 1.94 bits per heavy atom. The van der Waals surface area contributed by atoms with Crippen LogP contribution in [0.4, 0.5) is 19.1 Å². The van der Waals surface area contributed by atoms with Crippen LogP contribution in [0.3, 0.4) is 0 Å². The third-order valence-electron chi connectivity index (χ3n) is 6.01. The standard InChI is InChI=1S/C22H25F3N6O/c1-13-10-18-20(17-8-7-15(14-5-6-14)11-19(17)32-22(23,24)25)27-28-21(31(18)29-13)26-16-4-3-9-30(2)12-16/h7-8,10-11,14,16H,3-6,9,12H2,1-2H3,(H,26,28)/t16-/m1/s1. The van der Waals surface area contributed by atoms with E-state index in [-0.39, 0.29) is 17.4 Å². The zero-order valence-electron chi connectivity index (χ0n) is 18.0. The number of nitrogens with zero attached hydrogens (tertiary/aromatic N) is 5. The van der Waals surface area contributed by atoms with Gasteiger partial charge in [0.15, 0.2) is 0 Å². The van der Waals surface area contributed by atoms with Crippen LogP contribution >= 0.6 is 0 Å². The summed E-state index contributed by atoms with van der Waals surface area (Å²) in [6.07, 6.45) is -0.764. The van der Waals surface area contributed by atoms with Gasteiger partial charge in [0.2, 0.25) is 5.95 Å². The molecule has 170 valence electrons. The van der Waals surface area contributed by atoms with Gasteiger partial charge >= 0.3 is 6.36 Å². The molecule has 10 heteroatoms. The number of halogens is 3. The van der Waals surface area contributed by atoms with Crippen LogP contribution in [0.15, 0.2) is 24.3 Å². The molecule has 3 heterocycles. The molecule has 1 aliphatic heterocycles. The lowest BCUT2D eigenvalue weighted by molar-refractivity contribution is -0.274. The molecule has 1 saturated carbocycles. The second-order valence-corrected chi connectivity index (χ2v) is 8.78. The second kappa shape index (κ2) is 7.91. The zero-order chi connectivity index (χ0) is 22.5. The van der Waals surface area contributed by atoms with E-state index in [1.54, 1.807) is 16.6 Å². The predicted molar refractivity (Wildman–Crippen MR) is 114 cm³/mol. The third-order valence-corrected chi connectivity index (χ3v) is 6.01. The van der Waals surface area contributed by atoms with Crippen molar-refractivity contribution >= 4 is 11.5 Å². The SMILES string of the molecule is Cc1cc2c(-c3ccc(C4CC4)cc3OC(F)(F)F)nnc(N[C@@H]3CCCN(C)C3)n2n1. The average molecular weight is 446 g/mol. The van der Waals surface area contributed by atoms with Crippen LogP contribution in [-0.4, -0.2) is 57.3 Å². The molecule has 3 aromatic rings. The predicted octanol–water partition coefficient (Wildman–Crippen LogP) is 4.38. The van der Waals surface area contributed by atoms with E-state index < -0.39 is 6.36 Å². The second-order valence-electron chi connectivity index (χ2n) is 8.78. The summed E-state index contributed by atoms with van der Waals surface area (Å²) in [6.45, 7) is 3.76. The summed E-state index contributed by atoms with van der Waals surface area (Å²) in [5, 5.41) is 16.6. The lowest BCUT2D eigenvalue weighted by Gasteiger charge is -2.30. The number of benzene rings is 1. The maximum absolute atomic E-state index is 13.2. The van der Waals surface area contributed by atoms with Gasteiger partial charge in [-0.05, 0) is 75.9 Å². The summed E-state index contributed by atoms with van der Waals surface area (Å²) in [4.78, 5) is 2.25. The number of hydrogen-bond acceptors (Lipinski definition) is 6. The normalized spacial score (nSPS) is 20.0. The summed E-state index contributed by atoms with van der Waals surface area (Å²) in [5.41, 5.74) is 2.70. The Morgan fingerprint density at radius 1 is 1.12 bits per heavy atom. The van der Waals surface area contributed by atoms with Gasteiger partial charge in [0, 0.05) is 18.2 Å². The first-order chi connectivity index (χ1) is 15.3. The molecule has 5 rings (SSSR count). The van der Waals surface area contributed by atoms with Gasteiger partial charge in [-0.1, -0.05) is 6.07 Å². The van der Waals surface area contributed by atoms with Crippen molar-refractivity contribution in [3.8, 4) is 17.0 Å². The van der Waals surface area contributed by atoms with Crippen LogP contribution in [-0.2, 0) is 0 Å². The van der Waals surface area contributed by atoms with Crippen LogP contribution < -0.4 is 10.1 Å². The molecular formula is C22H25F3N6O. The van der Waals surface area contributed by atoms with Gasteiger partial charge in [0.05, 0.1) is 11.2 Å². The molecule has 32 heavy (non-hydrogen) atoms. The number of rotatable bonds is 5. The summed E-state index contributed by atoms with van der Waals surface area (Å²) >= 11 is 0. The number of aryl methyl sites for hydroxylation is 1. The highest BCUT2D eigenvalue weighted by atomic mass is 19.4. The smallest absolute Gasteiger partial charge is 0.405 e. The molecule has 1 saturated heterocycles. The Labute approximate surface area is 183 Å². The topological polar surface area (TPSA) is 67.6 Å². The van der Waals surface area contributed by atoms with Gasteiger partial charge in [-0.25, -0.2) is 0 Å². The van der Waals surface area contributed by atoms with E-state index in [1.807, 2.05) is 13.0 Å². The van der Waals surface area contributed by atoms with Crippen molar-refractivity contribution in [2.75, 3.05) is 25.5 Å². The minimum Gasteiger partial charge on any atom is -0.405 e. The number of alkyl halides is 3. The van der Waals surface area contributed by atoms with Crippen LogP contribution in [0.25, 0.3) is 16.8 Å². The molecule has 2 aromatic heterocycles. The first-order valence-corrected chi connectivity index (χ1v) is 10.8. The number of aromatic nitrogens is 4. The number of piperidine rings is 1. The molecule has 0 radical (unpaired) electrons. The summed E-state index contributed by atoms with van der Waals surface area (Å²) in [7, 11) is 2.07. The van der Waals surface area contributed by atoms with E-state index in [9.17, 15) is 13.2 Å². The number of likely N-dealkylation sites (N-methyl/N-ethyl adjacent to an activating group) is 1. The number of anilines is 1. The van der Waals surface area contributed by atoms with Gasteiger partial charge < -0.3 is 15.0 Å². The fourth-order valence-electron chi connectivity index (χ4n) is 4.38. The number of ether oxygens (including phenoxy) is 1. The van der Waals surface area contributed by atoms with Crippen molar-refractivity contribution in [2.24, 2.45) is 0 Å². The van der Waals surface area contributed by atoms with E-state index >= 15 is 0 Å². The lowest BCUT2D eigenvalue weighted by atomic mass is 10.0. The molecule has 0 bridgehead atoms. The molecule has 1 aliphatic carbocycles. The quantitative estimate of drug-likeness (QED) is 0.627. The molecule has 0 spiro atoms. The zero-order valence-corrected chi connectivity index (χ0v) is 18.0. The Bertz CT molecular complexity index is 1140. The summed E-state index contributed by atoms with van der Waals surface area (Å²) in [6, 6.07) is 6.97. The van der Waals surface area contributed by atoms with Crippen molar-refractivity contribution < 1.29 is 17.9 Å². The fraction of sp³-hybridized carbons (Fsp3) is 0.500. The van der Waals surface area contributed by atoms with Crippen molar-refractivity contribution in [2.45, 2.75) is 50.9 Å². The number of fused-ring (bicyclic) bond motifs is 1. The maximum atomic E-state index is 13.2. The molecule has 0 unspecified atom stereocenters. The Hall–Kier alpha value is -2.88. The minimum absolute atomic E-state index is 0.198. The molecule has 1 N–H and O–H groups in total. The molecule has 7 nitrogen and oxygen atoms in total. The fourth-order valence-corrected chi connectivity index (χ4v) is 4.38. The third kappa shape index (κ3) is 4.36. The number of nitrogens with one attached hydrogen (secondary N) is 1. The van der Waals surface area contributed by atoms with E-state index in [1.165, 1.54) is 6.07 Å². The van der Waals surface area contributed by atoms with Crippen LogP contribution in [0.2, 0.25) is 0 Å². The van der Waals surface area contributed by atoms with Crippen LogP contribution in [0.5, 0.6) is 5.75 Å². The van der Waals surface area contributed by atoms with Crippen LogP contribution in [0, 0.1) is 6.92 Å². The van der Waals surface area contributed by atoms with E-state index in [2.05, 4.69) is 37.3 Å². The van der Waals surface area contributed by atoms with E-state index in [0.717, 1.165) is 50.0 Å². The van der Waals surface area contributed by atoms with Crippen molar-refractivity contribution in [1.82, 2.24) is 24.7 Å². The Morgan fingerprint density at radius 3 is 2.66 bits per heavy atom. The Balaban J connectivity index is 1.56. The van der Waals surface area contributed by atoms with Gasteiger partial charge in [-0.2, -0.15) is 9.61 Å². The molecule has 2 aliphatic rings.